The first-order valence-electron chi connectivity index (χ1n) is 4.00. The minimum atomic E-state index is -0.273. The smallest absolute Gasteiger partial charge is 0.102 e. The molecule has 0 saturated heterocycles. The first-order chi connectivity index (χ1) is 5.06. The molecule has 11 heavy (non-hydrogen) atoms. The fourth-order valence-electron chi connectivity index (χ4n) is 0.597. The average Bonchev–Trinajstić information content (AvgIpc) is 1.85. The number of hydrogen-bond donors (Lipinski definition) is 0. The lowest BCUT2D eigenvalue weighted by Gasteiger charge is -2.23. The Morgan fingerprint density at radius 1 is 1.18 bits per heavy atom. The minimum Gasteiger partial charge on any atom is -0.376 e. The average molecular weight is 164 g/mol. The highest BCUT2D eigenvalue weighted by Gasteiger charge is 2.04. The van der Waals surface area contributed by atoms with Gasteiger partial charge in [0.25, 0.3) is 0 Å². The lowest BCUT2D eigenvalue weighted by Crippen LogP contribution is -2.37. The largest absolute Gasteiger partial charge is 0.376 e. The number of quaternary nitrogens is 1. The second-order valence-corrected chi connectivity index (χ2v) is 3.67. The molecule has 3 heteroatoms. The van der Waals surface area contributed by atoms with E-state index in [9.17, 15) is 4.39 Å². The summed E-state index contributed by atoms with van der Waals surface area (Å²) < 4.78 is 17.7. The van der Waals surface area contributed by atoms with Gasteiger partial charge in [0, 0.05) is 6.61 Å². The zero-order valence-electron chi connectivity index (χ0n) is 7.77. The van der Waals surface area contributed by atoms with E-state index < -0.39 is 0 Å². The van der Waals surface area contributed by atoms with Crippen molar-refractivity contribution in [2.75, 3.05) is 47.6 Å². The van der Waals surface area contributed by atoms with Gasteiger partial charge in [-0.1, -0.05) is 0 Å². The zero-order valence-corrected chi connectivity index (χ0v) is 7.77. The summed E-state index contributed by atoms with van der Waals surface area (Å²) in [6.07, 6.45) is 0.525. The molecule has 0 aromatic rings. The van der Waals surface area contributed by atoms with E-state index >= 15 is 0 Å². The number of alkyl halides is 1. The van der Waals surface area contributed by atoms with Gasteiger partial charge in [-0.15, -0.1) is 0 Å². The van der Waals surface area contributed by atoms with Crippen molar-refractivity contribution in [2.24, 2.45) is 0 Å². The van der Waals surface area contributed by atoms with Crippen LogP contribution in [0.5, 0.6) is 0 Å². The van der Waals surface area contributed by atoms with Gasteiger partial charge in [0.2, 0.25) is 0 Å². The Bertz CT molecular complexity index is 90.6. The molecule has 0 aliphatic rings. The van der Waals surface area contributed by atoms with Crippen LogP contribution < -0.4 is 0 Å². The van der Waals surface area contributed by atoms with Crippen LogP contribution in [0.15, 0.2) is 0 Å². The maximum atomic E-state index is 11.6. The number of rotatable bonds is 6. The van der Waals surface area contributed by atoms with Crippen molar-refractivity contribution in [1.29, 1.82) is 0 Å². The summed E-state index contributed by atoms with van der Waals surface area (Å²) >= 11 is 0. The molecular formula is C8H19FNO+. The third-order valence-electron chi connectivity index (χ3n) is 1.33. The third kappa shape index (κ3) is 9.85. The lowest BCUT2D eigenvalue weighted by atomic mass is 10.5. The van der Waals surface area contributed by atoms with Crippen LogP contribution in [0.25, 0.3) is 0 Å². The summed E-state index contributed by atoms with van der Waals surface area (Å²) in [4.78, 5) is 0. The van der Waals surface area contributed by atoms with Crippen LogP contribution in [0.2, 0.25) is 0 Å². The highest BCUT2D eigenvalue weighted by molar-refractivity contribution is 4.32. The van der Waals surface area contributed by atoms with E-state index in [1.807, 2.05) is 0 Å². The zero-order chi connectivity index (χ0) is 8.74. The van der Waals surface area contributed by atoms with E-state index in [0.29, 0.717) is 13.0 Å². The summed E-state index contributed by atoms with van der Waals surface area (Å²) in [5.74, 6) is 0. The lowest BCUT2D eigenvalue weighted by molar-refractivity contribution is -0.870. The molecule has 0 spiro atoms. The van der Waals surface area contributed by atoms with Crippen molar-refractivity contribution in [3.8, 4) is 0 Å². The van der Waals surface area contributed by atoms with Crippen molar-refractivity contribution >= 4 is 0 Å². The van der Waals surface area contributed by atoms with Crippen LogP contribution in [0, 0.1) is 0 Å². The van der Waals surface area contributed by atoms with E-state index in [1.165, 1.54) is 0 Å². The van der Waals surface area contributed by atoms with Crippen molar-refractivity contribution < 1.29 is 13.6 Å². The Balaban J connectivity index is 3.02. The molecule has 0 aromatic heterocycles. The number of nitrogens with zero attached hydrogens (tertiary/aromatic N) is 1. The van der Waals surface area contributed by atoms with Crippen molar-refractivity contribution in [3.63, 3.8) is 0 Å². The molecule has 0 bridgehead atoms. The van der Waals surface area contributed by atoms with Crippen LogP contribution in [0.4, 0.5) is 4.39 Å². The second kappa shape index (κ2) is 5.49. The first kappa shape index (κ1) is 10.8. The molecule has 0 radical (unpaired) electrons. The van der Waals surface area contributed by atoms with Gasteiger partial charge in [0.1, 0.15) is 6.54 Å². The predicted molar refractivity (Wildman–Crippen MR) is 44.3 cm³/mol. The van der Waals surface area contributed by atoms with Gasteiger partial charge in [0.15, 0.2) is 0 Å². The molecule has 0 aliphatic heterocycles. The Labute approximate surface area is 68.5 Å². The molecular weight excluding hydrogens is 145 g/mol. The monoisotopic (exact) mass is 164 g/mol. The standard InChI is InChI=1S/C8H19FNO/c1-10(2,3)6-8-11-7-4-5-9/h4-8H2,1-3H3/q+1. The SMILES string of the molecule is C[N+](C)(C)CCOCCCF. The van der Waals surface area contributed by atoms with E-state index in [2.05, 4.69) is 21.1 Å². The Morgan fingerprint density at radius 3 is 2.27 bits per heavy atom. The maximum absolute atomic E-state index is 11.6. The van der Waals surface area contributed by atoms with Gasteiger partial charge in [-0.05, 0) is 6.42 Å². The summed E-state index contributed by atoms with van der Waals surface area (Å²) in [5, 5.41) is 0. The van der Waals surface area contributed by atoms with Crippen molar-refractivity contribution in [2.45, 2.75) is 6.42 Å². The summed E-state index contributed by atoms with van der Waals surface area (Å²) in [6, 6.07) is 0. The van der Waals surface area contributed by atoms with Crippen LogP contribution in [0.1, 0.15) is 6.42 Å². The molecule has 0 saturated carbocycles. The van der Waals surface area contributed by atoms with Gasteiger partial charge in [0.05, 0.1) is 34.4 Å². The summed E-state index contributed by atoms with van der Waals surface area (Å²) in [7, 11) is 6.33. The summed E-state index contributed by atoms with van der Waals surface area (Å²) in [5.41, 5.74) is 0. The molecule has 2 nitrogen and oxygen atoms in total. The third-order valence-corrected chi connectivity index (χ3v) is 1.33. The van der Waals surface area contributed by atoms with Crippen LogP contribution in [-0.2, 0) is 4.74 Å². The fraction of sp³-hybridized carbons (Fsp3) is 1.00. The van der Waals surface area contributed by atoms with Crippen LogP contribution in [-0.4, -0.2) is 52.1 Å². The Morgan fingerprint density at radius 2 is 1.82 bits per heavy atom. The molecule has 0 atom stereocenters. The highest BCUT2D eigenvalue weighted by Crippen LogP contribution is 1.90. The van der Waals surface area contributed by atoms with Gasteiger partial charge in [-0.3, -0.25) is 4.39 Å². The number of likely N-dealkylation sites (N-methyl/N-ethyl adjacent to an activating group) is 1. The highest BCUT2D eigenvalue weighted by atomic mass is 19.1. The van der Waals surface area contributed by atoms with E-state index in [1.54, 1.807) is 0 Å². The van der Waals surface area contributed by atoms with Crippen molar-refractivity contribution in [3.05, 3.63) is 0 Å². The Hall–Kier alpha value is -0.150. The molecule has 0 unspecified atom stereocenters. The quantitative estimate of drug-likeness (QED) is 0.421. The second-order valence-electron chi connectivity index (χ2n) is 3.67. The molecule has 0 heterocycles. The molecule has 0 aliphatic carbocycles. The minimum absolute atomic E-state index is 0.273. The van der Waals surface area contributed by atoms with Crippen molar-refractivity contribution in [1.82, 2.24) is 0 Å². The number of halogens is 1. The molecule has 0 amide bonds. The van der Waals surface area contributed by atoms with Gasteiger partial charge in [-0.25, -0.2) is 0 Å². The van der Waals surface area contributed by atoms with E-state index in [0.717, 1.165) is 17.6 Å². The molecule has 0 N–H and O–H groups in total. The van der Waals surface area contributed by atoms with Gasteiger partial charge in [-0.2, -0.15) is 0 Å². The van der Waals surface area contributed by atoms with Crippen LogP contribution in [0.3, 0.4) is 0 Å². The Kier molecular flexibility index (Phi) is 5.42. The molecule has 0 fully saturated rings. The van der Waals surface area contributed by atoms with Gasteiger partial charge < -0.3 is 9.22 Å². The fourth-order valence-corrected chi connectivity index (χ4v) is 0.597. The molecule has 68 valence electrons. The number of ether oxygens (including phenoxy) is 1. The number of hydrogen-bond acceptors (Lipinski definition) is 1. The molecule has 0 aromatic carbocycles. The maximum Gasteiger partial charge on any atom is 0.102 e. The molecule has 0 rings (SSSR count). The van der Waals surface area contributed by atoms with Crippen LogP contribution >= 0.6 is 0 Å². The summed E-state index contributed by atoms with van der Waals surface area (Å²) in [6.45, 7) is 1.98. The topological polar surface area (TPSA) is 9.23 Å². The van der Waals surface area contributed by atoms with E-state index in [4.69, 9.17) is 4.74 Å². The predicted octanol–water partition coefficient (Wildman–Crippen LogP) is 1.07. The normalized spacial score (nSPS) is 12.0. The van der Waals surface area contributed by atoms with Gasteiger partial charge >= 0.3 is 0 Å². The van der Waals surface area contributed by atoms with E-state index in [-0.39, 0.29) is 6.67 Å². The first-order valence-corrected chi connectivity index (χ1v) is 4.00.